The van der Waals surface area contributed by atoms with Crippen LogP contribution in [0, 0.1) is 5.92 Å². The lowest BCUT2D eigenvalue weighted by Crippen LogP contribution is -2.44. The Morgan fingerprint density at radius 1 is 1.40 bits per heavy atom. The van der Waals surface area contributed by atoms with Crippen molar-refractivity contribution in [3.8, 4) is 0 Å². The summed E-state index contributed by atoms with van der Waals surface area (Å²) in [4.78, 5) is 14.8. The van der Waals surface area contributed by atoms with E-state index in [9.17, 15) is 4.79 Å². The highest BCUT2D eigenvalue weighted by molar-refractivity contribution is 5.89. The summed E-state index contributed by atoms with van der Waals surface area (Å²) in [5.41, 5.74) is -0.238. The van der Waals surface area contributed by atoms with Crippen LogP contribution in [0.2, 0.25) is 0 Å². The predicted octanol–water partition coefficient (Wildman–Crippen LogP) is 2.53. The van der Waals surface area contributed by atoms with Gasteiger partial charge in [-0.25, -0.2) is 0 Å². The van der Waals surface area contributed by atoms with E-state index in [-0.39, 0.29) is 11.7 Å². The van der Waals surface area contributed by atoms with Crippen LogP contribution in [0.3, 0.4) is 0 Å². The minimum atomic E-state index is -0.238. The first-order valence-corrected chi connectivity index (χ1v) is 8.25. The fraction of sp³-hybridized carbons (Fsp3) is 0.938. The van der Waals surface area contributed by atoms with Gasteiger partial charge in [0.05, 0.1) is 18.3 Å². The highest BCUT2D eigenvalue weighted by Gasteiger charge is 2.51. The van der Waals surface area contributed by atoms with E-state index in [1.54, 1.807) is 0 Å². The monoisotopic (exact) mass is 282 g/mol. The SMILES string of the molecule is CCCC1NC2(CCCC2)C(=O)N1CCOCC(C)C. The first kappa shape index (κ1) is 15.8. The number of ether oxygens (including phenoxy) is 1. The van der Waals surface area contributed by atoms with Crippen LogP contribution in [0.5, 0.6) is 0 Å². The lowest BCUT2D eigenvalue weighted by Gasteiger charge is -2.24. The third kappa shape index (κ3) is 3.34. The van der Waals surface area contributed by atoms with Crippen molar-refractivity contribution in [2.75, 3.05) is 19.8 Å². The van der Waals surface area contributed by atoms with Crippen LogP contribution < -0.4 is 5.32 Å². The molecule has 0 bridgehead atoms. The zero-order valence-corrected chi connectivity index (χ0v) is 13.3. The van der Waals surface area contributed by atoms with Crippen LogP contribution in [0.1, 0.15) is 59.3 Å². The molecular weight excluding hydrogens is 252 g/mol. The topological polar surface area (TPSA) is 41.6 Å². The molecule has 0 aromatic heterocycles. The molecule has 1 saturated carbocycles. The highest BCUT2D eigenvalue weighted by Crippen LogP contribution is 2.37. The molecule has 2 aliphatic rings. The van der Waals surface area contributed by atoms with E-state index in [4.69, 9.17) is 4.74 Å². The number of carbonyl (C=O) groups excluding carboxylic acids is 1. The third-order valence-electron chi connectivity index (χ3n) is 4.44. The number of hydrogen-bond acceptors (Lipinski definition) is 3. The maximum absolute atomic E-state index is 12.8. The quantitative estimate of drug-likeness (QED) is 0.730. The van der Waals surface area contributed by atoms with Gasteiger partial charge in [-0.05, 0) is 25.2 Å². The van der Waals surface area contributed by atoms with Gasteiger partial charge in [0.1, 0.15) is 0 Å². The number of nitrogens with one attached hydrogen (secondary N) is 1. The maximum atomic E-state index is 12.8. The maximum Gasteiger partial charge on any atom is 0.244 e. The summed E-state index contributed by atoms with van der Waals surface area (Å²) >= 11 is 0. The molecule has 0 aromatic carbocycles. The Morgan fingerprint density at radius 3 is 2.70 bits per heavy atom. The van der Waals surface area contributed by atoms with Gasteiger partial charge in [0.15, 0.2) is 0 Å². The Balaban J connectivity index is 1.91. The standard InChI is InChI=1S/C16H30N2O2/c1-4-7-14-17-16(8-5-6-9-16)15(19)18(14)10-11-20-12-13(2)3/h13-14,17H,4-12H2,1-3H3. The molecule has 116 valence electrons. The molecule has 1 heterocycles. The molecule has 2 fully saturated rings. The van der Waals surface area contributed by atoms with Crippen molar-refractivity contribution in [1.29, 1.82) is 0 Å². The van der Waals surface area contributed by atoms with Crippen molar-refractivity contribution >= 4 is 5.91 Å². The van der Waals surface area contributed by atoms with E-state index in [2.05, 4.69) is 26.1 Å². The Kier molecular flexibility index (Phi) is 5.44. The molecule has 1 spiro atoms. The van der Waals surface area contributed by atoms with E-state index in [1.807, 2.05) is 4.90 Å². The van der Waals surface area contributed by atoms with E-state index >= 15 is 0 Å². The number of nitrogens with zero attached hydrogens (tertiary/aromatic N) is 1. The van der Waals surface area contributed by atoms with E-state index in [1.165, 1.54) is 12.8 Å². The summed E-state index contributed by atoms with van der Waals surface area (Å²) in [5, 5.41) is 3.64. The van der Waals surface area contributed by atoms with Crippen molar-refractivity contribution in [3.05, 3.63) is 0 Å². The molecule has 1 amide bonds. The normalized spacial score (nSPS) is 25.3. The van der Waals surface area contributed by atoms with E-state index in [0.717, 1.165) is 38.8 Å². The zero-order chi connectivity index (χ0) is 14.6. The van der Waals surface area contributed by atoms with Crippen LogP contribution in [0.15, 0.2) is 0 Å². The lowest BCUT2D eigenvalue weighted by atomic mass is 9.98. The van der Waals surface area contributed by atoms with E-state index < -0.39 is 0 Å². The Morgan fingerprint density at radius 2 is 2.10 bits per heavy atom. The minimum Gasteiger partial charge on any atom is -0.379 e. The average molecular weight is 282 g/mol. The number of rotatable bonds is 7. The summed E-state index contributed by atoms with van der Waals surface area (Å²) in [6.07, 6.45) is 6.73. The average Bonchev–Trinajstić information content (AvgIpc) is 2.96. The molecule has 4 nitrogen and oxygen atoms in total. The fourth-order valence-corrected chi connectivity index (χ4v) is 3.45. The van der Waals surface area contributed by atoms with Crippen LogP contribution in [0.25, 0.3) is 0 Å². The minimum absolute atomic E-state index is 0.216. The van der Waals surface area contributed by atoms with Gasteiger partial charge in [0.2, 0.25) is 5.91 Å². The van der Waals surface area contributed by atoms with Gasteiger partial charge < -0.3 is 9.64 Å². The molecule has 1 atom stereocenters. The molecule has 1 saturated heterocycles. The second-order valence-corrected chi connectivity index (χ2v) is 6.71. The summed E-state index contributed by atoms with van der Waals surface area (Å²) in [7, 11) is 0. The van der Waals surface area contributed by atoms with Gasteiger partial charge in [-0.15, -0.1) is 0 Å². The van der Waals surface area contributed by atoms with Gasteiger partial charge in [-0.2, -0.15) is 0 Å². The third-order valence-corrected chi connectivity index (χ3v) is 4.44. The Bertz CT molecular complexity index is 324. The summed E-state index contributed by atoms with van der Waals surface area (Å²) < 4.78 is 5.66. The van der Waals surface area contributed by atoms with Crippen molar-refractivity contribution in [3.63, 3.8) is 0 Å². The van der Waals surface area contributed by atoms with E-state index in [0.29, 0.717) is 18.4 Å². The molecule has 1 aliphatic heterocycles. The van der Waals surface area contributed by atoms with Crippen LogP contribution in [-0.4, -0.2) is 42.3 Å². The molecule has 2 rings (SSSR count). The van der Waals surface area contributed by atoms with Crippen molar-refractivity contribution in [2.45, 2.75) is 71.0 Å². The number of hydrogen-bond donors (Lipinski definition) is 1. The first-order valence-electron chi connectivity index (χ1n) is 8.25. The molecular formula is C16H30N2O2. The molecule has 1 N–H and O–H groups in total. The predicted molar refractivity (Wildman–Crippen MR) is 80.4 cm³/mol. The fourth-order valence-electron chi connectivity index (χ4n) is 3.45. The lowest BCUT2D eigenvalue weighted by molar-refractivity contribution is -0.134. The Hall–Kier alpha value is -0.610. The smallest absolute Gasteiger partial charge is 0.244 e. The van der Waals surface area contributed by atoms with Gasteiger partial charge >= 0.3 is 0 Å². The van der Waals surface area contributed by atoms with Gasteiger partial charge in [-0.1, -0.05) is 40.0 Å². The molecule has 0 radical (unpaired) electrons. The summed E-state index contributed by atoms with van der Waals surface area (Å²) in [5.74, 6) is 0.872. The number of amides is 1. The van der Waals surface area contributed by atoms with Crippen LogP contribution >= 0.6 is 0 Å². The van der Waals surface area contributed by atoms with Gasteiger partial charge in [0.25, 0.3) is 0 Å². The molecule has 1 unspecified atom stereocenters. The summed E-state index contributed by atoms with van der Waals surface area (Å²) in [6, 6.07) is 0. The first-order chi connectivity index (χ1) is 9.59. The van der Waals surface area contributed by atoms with Gasteiger partial charge in [-0.3, -0.25) is 10.1 Å². The molecule has 1 aliphatic carbocycles. The van der Waals surface area contributed by atoms with Crippen molar-refractivity contribution in [1.82, 2.24) is 10.2 Å². The van der Waals surface area contributed by atoms with Crippen LogP contribution in [0.4, 0.5) is 0 Å². The second kappa shape index (κ2) is 6.90. The van der Waals surface area contributed by atoms with Gasteiger partial charge in [0, 0.05) is 13.2 Å². The largest absolute Gasteiger partial charge is 0.379 e. The van der Waals surface area contributed by atoms with Crippen molar-refractivity contribution in [2.24, 2.45) is 5.92 Å². The molecule has 4 heteroatoms. The summed E-state index contributed by atoms with van der Waals surface area (Å²) in [6.45, 7) is 8.64. The highest BCUT2D eigenvalue weighted by atomic mass is 16.5. The Labute approximate surface area is 123 Å². The number of carbonyl (C=O) groups is 1. The second-order valence-electron chi connectivity index (χ2n) is 6.71. The zero-order valence-electron chi connectivity index (χ0n) is 13.3. The molecule has 0 aromatic rings. The van der Waals surface area contributed by atoms with Crippen LogP contribution in [-0.2, 0) is 9.53 Å². The molecule has 20 heavy (non-hydrogen) atoms. The van der Waals surface area contributed by atoms with Crippen molar-refractivity contribution < 1.29 is 9.53 Å².